The van der Waals surface area contributed by atoms with E-state index in [9.17, 15) is 0 Å². The van der Waals surface area contributed by atoms with Gasteiger partial charge in [0.15, 0.2) is 0 Å². The molecule has 2 aromatic rings. The van der Waals surface area contributed by atoms with Crippen LogP contribution in [0.5, 0.6) is 0 Å². The number of fused-ring (bicyclic) bond motifs is 1. The van der Waals surface area contributed by atoms with Crippen LogP contribution in [-0.2, 0) is 11.3 Å². The first-order valence-electron chi connectivity index (χ1n) is 6.14. The molecule has 0 unspecified atom stereocenters. The van der Waals surface area contributed by atoms with E-state index in [-0.39, 0.29) is 0 Å². The number of hydrogen-bond acceptors (Lipinski definition) is 1. The van der Waals surface area contributed by atoms with Crippen molar-refractivity contribution in [2.45, 2.75) is 33.3 Å². The van der Waals surface area contributed by atoms with Gasteiger partial charge < -0.3 is 4.74 Å². The highest BCUT2D eigenvalue weighted by Gasteiger charge is 2.07. The zero-order valence-corrected chi connectivity index (χ0v) is 11.1. The molecule has 17 heavy (non-hydrogen) atoms. The van der Waals surface area contributed by atoms with Crippen LogP contribution >= 0.6 is 0 Å². The third kappa shape index (κ3) is 2.34. The molecule has 0 aliphatic rings. The van der Waals surface area contributed by atoms with Crippen molar-refractivity contribution in [1.82, 2.24) is 0 Å². The zero-order chi connectivity index (χ0) is 12.4. The number of hydrogen-bond donors (Lipinski definition) is 0. The van der Waals surface area contributed by atoms with E-state index >= 15 is 0 Å². The van der Waals surface area contributed by atoms with Gasteiger partial charge in [0.1, 0.15) is 0 Å². The maximum absolute atomic E-state index is 5.21. The summed E-state index contributed by atoms with van der Waals surface area (Å²) in [5.41, 5.74) is 4.00. The van der Waals surface area contributed by atoms with Crippen LogP contribution in [0.1, 0.15) is 36.5 Å². The third-order valence-electron chi connectivity index (χ3n) is 3.27. The van der Waals surface area contributed by atoms with Crippen LogP contribution in [0.4, 0.5) is 0 Å². The number of aryl methyl sites for hydroxylation is 1. The standard InChI is InChI=1S/C16H20O/c1-11(2)14-7-5-12(3)15-8-6-13(10-17-4)9-16(14)15/h5-9,11H,10H2,1-4H3. The first kappa shape index (κ1) is 12.1. The molecule has 0 atom stereocenters. The molecular weight excluding hydrogens is 208 g/mol. The predicted molar refractivity (Wildman–Crippen MR) is 73.5 cm³/mol. The number of rotatable bonds is 3. The summed E-state index contributed by atoms with van der Waals surface area (Å²) in [4.78, 5) is 0. The van der Waals surface area contributed by atoms with Gasteiger partial charge in [-0.25, -0.2) is 0 Å². The summed E-state index contributed by atoms with van der Waals surface area (Å²) in [5, 5.41) is 2.73. The quantitative estimate of drug-likeness (QED) is 0.755. The molecule has 0 amide bonds. The van der Waals surface area contributed by atoms with Crippen molar-refractivity contribution in [2.24, 2.45) is 0 Å². The minimum Gasteiger partial charge on any atom is -0.380 e. The van der Waals surface area contributed by atoms with Crippen molar-refractivity contribution in [3.05, 3.63) is 47.0 Å². The largest absolute Gasteiger partial charge is 0.380 e. The second-order valence-corrected chi connectivity index (χ2v) is 4.94. The van der Waals surface area contributed by atoms with Crippen molar-refractivity contribution in [3.63, 3.8) is 0 Å². The van der Waals surface area contributed by atoms with Gasteiger partial charge >= 0.3 is 0 Å². The Kier molecular flexibility index (Phi) is 3.49. The fourth-order valence-electron chi connectivity index (χ4n) is 2.33. The van der Waals surface area contributed by atoms with Gasteiger partial charge in [-0.1, -0.05) is 38.1 Å². The van der Waals surface area contributed by atoms with Gasteiger partial charge in [-0.3, -0.25) is 0 Å². The Bertz CT molecular complexity index is 526. The molecule has 0 saturated carbocycles. The van der Waals surface area contributed by atoms with Crippen LogP contribution in [0.25, 0.3) is 10.8 Å². The maximum atomic E-state index is 5.21. The number of ether oxygens (including phenoxy) is 1. The zero-order valence-electron chi connectivity index (χ0n) is 11.1. The van der Waals surface area contributed by atoms with E-state index in [1.165, 1.54) is 27.5 Å². The van der Waals surface area contributed by atoms with E-state index in [0.717, 1.165) is 0 Å². The molecule has 90 valence electrons. The van der Waals surface area contributed by atoms with Crippen molar-refractivity contribution in [1.29, 1.82) is 0 Å². The molecule has 2 rings (SSSR count). The molecule has 2 aromatic carbocycles. The number of benzene rings is 2. The molecule has 1 heteroatoms. The summed E-state index contributed by atoms with van der Waals surface area (Å²) < 4.78 is 5.21. The molecule has 0 saturated heterocycles. The minimum atomic E-state index is 0.552. The van der Waals surface area contributed by atoms with Gasteiger partial charge in [-0.2, -0.15) is 0 Å². The van der Waals surface area contributed by atoms with Gasteiger partial charge in [0.05, 0.1) is 6.61 Å². The molecule has 0 aliphatic heterocycles. The van der Waals surface area contributed by atoms with E-state index in [1.54, 1.807) is 7.11 Å². The molecular formula is C16H20O. The van der Waals surface area contributed by atoms with Crippen LogP contribution in [-0.4, -0.2) is 7.11 Å². The van der Waals surface area contributed by atoms with Crippen LogP contribution in [0.15, 0.2) is 30.3 Å². The van der Waals surface area contributed by atoms with Crippen LogP contribution in [0.3, 0.4) is 0 Å². The van der Waals surface area contributed by atoms with Crippen molar-refractivity contribution >= 4 is 10.8 Å². The van der Waals surface area contributed by atoms with Gasteiger partial charge in [-0.05, 0) is 46.4 Å². The Morgan fingerprint density at radius 3 is 2.47 bits per heavy atom. The smallest absolute Gasteiger partial charge is 0.0713 e. The van der Waals surface area contributed by atoms with Gasteiger partial charge in [0, 0.05) is 7.11 Å². The second kappa shape index (κ2) is 4.89. The van der Waals surface area contributed by atoms with Crippen LogP contribution in [0, 0.1) is 6.92 Å². The lowest BCUT2D eigenvalue weighted by atomic mass is 9.92. The van der Waals surface area contributed by atoms with Gasteiger partial charge in [-0.15, -0.1) is 0 Å². The molecule has 1 nitrogen and oxygen atoms in total. The van der Waals surface area contributed by atoms with Gasteiger partial charge in [0.25, 0.3) is 0 Å². The maximum Gasteiger partial charge on any atom is 0.0713 e. The lowest BCUT2D eigenvalue weighted by molar-refractivity contribution is 0.185. The summed E-state index contributed by atoms with van der Waals surface area (Å²) in [7, 11) is 1.74. The molecule has 0 spiro atoms. The fourth-order valence-corrected chi connectivity index (χ4v) is 2.33. The van der Waals surface area contributed by atoms with Gasteiger partial charge in [0.2, 0.25) is 0 Å². The van der Waals surface area contributed by atoms with E-state index in [4.69, 9.17) is 4.74 Å². The predicted octanol–water partition coefficient (Wildman–Crippen LogP) is 4.42. The lowest BCUT2D eigenvalue weighted by Crippen LogP contribution is -1.94. The molecule has 0 aromatic heterocycles. The molecule has 0 N–H and O–H groups in total. The number of methoxy groups -OCH3 is 1. The highest BCUT2D eigenvalue weighted by molar-refractivity contribution is 5.89. The van der Waals surface area contributed by atoms with Crippen molar-refractivity contribution in [3.8, 4) is 0 Å². The SMILES string of the molecule is COCc1ccc2c(C)ccc(C(C)C)c2c1. The molecule has 0 fully saturated rings. The summed E-state index contributed by atoms with van der Waals surface area (Å²) in [6, 6.07) is 11.1. The molecule has 0 aliphatic carbocycles. The highest BCUT2D eigenvalue weighted by Crippen LogP contribution is 2.28. The first-order valence-corrected chi connectivity index (χ1v) is 6.14. The first-order chi connectivity index (χ1) is 8.13. The third-order valence-corrected chi connectivity index (χ3v) is 3.27. The average Bonchev–Trinajstić information content (AvgIpc) is 2.29. The Labute approximate surface area is 103 Å². The van der Waals surface area contributed by atoms with E-state index in [0.29, 0.717) is 12.5 Å². The molecule has 0 bridgehead atoms. The summed E-state index contributed by atoms with van der Waals surface area (Å²) in [6.45, 7) is 7.34. The van der Waals surface area contributed by atoms with E-state index < -0.39 is 0 Å². The van der Waals surface area contributed by atoms with Crippen LogP contribution < -0.4 is 0 Å². The topological polar surface area (TPSA) is 9.23 Å². The Hall–Kier alpha value is -1.34. The van der Waals surface area contributed by atoms with Crippen molar-refractivity contribution < 1.29 is 4.74 Å². The summed E-state index contributed by atoms with van der Waals surface area (Å²) in [5.74, 6) is 0.552. The Morgan fingerprint density at radius 1 is 1.06 bits per heavy atom. The second-order valence-electron chi connectivity index (χ2n) is 4.94. The summed E-state index contributed by atoms with van der Waals surface area (Å²) >= 11 is 0. The highest BCUT2D eigenvalue weighted by atomic mass is 16.5. The molecule has 0 radical (unpaired) electrons. The monoisotopic (exact) mass is 228 g/mol. The Morgan fingerprint density at radius 2 is 1.82 bits per heavy atom. The fraction of sp³-hybridized carbons (Fsp3) is 0.375. The Balaban J connectivity index is 2.67. The van der Waals surface area contributed by atoms with E-state index in [2.05, 4.69) is 51.1 Å². The normalized spacial score (nSPS) is 11.4. The molecule has 0 heterocycles. The summed E-state index contributed by atoms with van der Waals surface area (Å²) in [6.07, 6.45) is 0. The average molecular weight is 228 g/mol. The van der Waals surface area contributed by atoms with E-state index in [1.807, 2.05) is 0 Å². The lowest BCUT2D eigenvalue weighted by Gasteiger charge is -2.13. The minimum absolute atomic E-state index is 0.552. The van der Waals surface area contributed by atoms with Crippen LogP contribution in [0.2, 0.25) is 0 Å². The van der Waals surface area contributed by atoms with Crippen molar-refractivity contribution in [2.75, 3.05) is 7.11 Å².